The summed E-state index contributed by atoms with van der Waals surface area (Å²) in [6, 6.07) is 28.4. The first-order valence-corrected chi connectivity index (χ1v) is 22.6. The molecule has 1 fully saturated rings. The highest BCUT2D eigenvalue weighted by Gasteiger charge is 2.65. The number of rotatable bonds is 19. The van der Waals surface area contributed by atoms with Gasteiger partial charge in [0, 0.05) is 49.8 Å². The van der Waals surface area contributed by atoms with E-state index in [0.29, 0.717) is 52.7 Å². The van der Waals surface area contributed by atoms with Gasteiger partial charge in [-0.05, 0) is 109 Å². The molecule has 0 radical (unpaired) electrons. The van der Waals surface area contributed by atoms with Gasteiger partial charge in [-0.3, -0.25) is 4.79 Å². The lowest BCUT2D eigenvalue weighted by molar-refractivity contribution is -0.255. The molecular formula is C52H56N4O10. The van der Waals surface area contributed by atoms with Crippen LogP contribution in [0.1, 0.15) is 83.5 Å². The number of nitrogens with zero attached hydrogens (tertiary/aromatic N) is 3. The predicted molar refractivity (Wildman–Crippen MR) is 245 cm³/mol. The smallest absolute Gasteiger partial charge is 0.412 e. The van der Waals surface area contributed by atoms with E-state index in [0.717, 1.165) is 47.9 Å². The molecule has 0 bridgehead atoms. The van der Waals surface area contributed by atoms with Gasteiger partial charge in [0.1, 0.15) is 24.7 Å². The van der Waals surface area contributed by atoms with Crippen molar-refractivity contribution in [2.75, 3.05) is 33.7 Å². The SMILES string of the molecule is C=CCO[C@@]12Oc3ccc(OC(=O)NCc4ccccc4)cc3[C@H]3[C@H](CCCCO)[C@@H](CCCCO)C=C(C(=NOC)C[C@@H]1N(Cc1ccc4c(c1)OCO4)C(=O)c1ccc(C#N)cc1)[C@H]32. The summed E-state index contributed by atoms with van der Waals surface area (Å²) < 4.78 is 31.9. The first kappa shape index (κ1) is 45.9. The Morgan fingerprint density at radius 2 is 1.70 bits per heavy atom. The van der Waals surface area contributed by atoms with Crippen molar-refractivity contribution in [1.29, 1.82) is 5.26 Å². The third kappa shape index (κ3) is 9.65. The molecule has 2 aliphatic heterocycles. The van der Waals surface area contributed by atoms with Gasteiger partial charge in [-0.25, -0.2) is 4.79 Å². The Hall–Kier alpha value is -6.66. The Morgan fingerprint density at radius 1 is 0.939 bits per heavy atom. The molecule has 14 heteroatoms. The summed E-state index contributed by atoms with van der Waals surface area (Å²) in [4.78, 5) is 36.0. The lowest BCUT2D eigenvalue weighted by atomic mass is 9.55. The van der Waals surface area contributed by atoms with Gasteiger partial charge in [-0.15, -0.1) is 6.58 Å². The number of aliphatic hydroxyl groups is 2. The molecule has 14 nitrogen and oxygen atoms in total. The van der Waals surface area contributed by atoms with Crippen molar-refractivity contribution < 1.29 is 48.3 Å². The van der Waals surface area contributed by atoms with E-state index in [1.165, 1.54) is 7.11 Å². The third-order valence-electron chi connectivity index (χ3n) is 13.0. The van der Waals surface area contributed by atoms with Crippen molar-refractivity contribution in [3.05, 3.63) is 143 Å². The highest BCUT2D eigenvalue weighted by molar-refractivity contribution is 6.03. The molecule has 66 heavy (non-hydrogen) atoms. The van der Waals surface area contributed by atoms with Crippen LogP contribution < -0.4 is 24.3 Å². The molecule has 4 aliphatic rings. The number of unbranched alkanes of at least 4 members (excludes halogenated alkanes) is 2. The van der Waals surface area contributed by atoms with Crippen LogP contribution in [0.5, 0.6) is 23.0 Å². The summed E-state index contributed by atoms with van der Waals surface area (Å²) in [6.45, 7) is 4.67. The molecule has 4 aromatic carbocycles. The second kappa shape index (κ2) is 21.1. The zero-order valence-corrected chi connectivity index (χ0v) is 37.1. The molecule has 3 N–H and O–H groups in total. The molecule has 1 saturated carbocycles. The van der Waals surface area contributed by atoms with Crippen LogP contribution >= 0.6 is 0 Å². The van der Waals surface area contributed by atoms with Crippen molar-refractivity contribution in [3.63, 3.8) is 0 Å². The lowest BCUT2D eigenvalue weighted by Gasteiger charge is -2.60. The van der Waals surface area contributed by atoms with E-state index in [4.69, 9.17) is 33.7 Å². The van der Waals surface area contributed by atoms with Gasteiger partial charge in [0.15, 0.2) is 11.5 Å². The quantitative estimate of drug-likeness (QED) is 0.0469. The monoisotopic (exact) mass is 896 g/mol. The summed E-state index contributed by atoms with van der Waals surface area (Å²) in [7, 11) is 1.50. The zero-order chi connectivity index (χ0) is 46.0. The van der Waals surface area contributed by atoms with E-state index >= 15 is 4.79 Å². The van der Waals surface area contributed by atoms with E-state index in [1.807, 2.05) is 54.6 Å². The molecule has 6 atom stereocenters. The van der Waals surface area contributed by atoms with Gasteiger partial charge in [-0.1, -0.05) is 66.5 Å². The Bertz CT molecular complexity index is 2470. The van der Waals surface area contributed by atoms with Gasteiger partial charge < -0.3 is 49.0 Å². The third-order valence-corrected chi connectivity index (χ3v) is 13.0. The summed E-state index contributed by atoms with van der Waals surface area (Å²) in [5, 5.41) is 37.1. The van der Waals surface area contributed by atoms with Gasteiger partial charge in [-0.2, -0.15) is 5.26 Å². The van der Waals surface area contributed by atoms with Gasteiger partial charge in [0.05, 0.1) is 29.9 Å². The van der Waals surface area contributed by atoms with E-state index in [-0.39, 0.29) is 69.8 Å². The van der Waals surface area contributed by atoms with Gasteiger partial charge in [0.2, 0.25) is 12.6 Å². The summed E-state index contributed by atoms with van der Waals surface area (Å²) in [5.41, 5.74) is 4.75. The molecule has 0 unspecified atom stereocenters. The Labute approximate surface area is 385 Å². The minimum atomic E-state index is -1.55. The molecule has 8 rings (SSSR count). The largest absolute Gasteiger partial charge is 0.459 e. The number of hydrogen-bond acceptors (Lipinski definition) is 12. The van der Waals surface area contributed by atoms with Gasteiger partial charge in [0.25, 0.3) is 5.91 Å². The molecule has 2 heterocycles. The second-order valence-corrected chi connectivity index (χ2v) is 17.0. The number of benzene rings is 4. The van der Waals surface area contributed by atoms with Crippen molar-refractivity contribution in [3.8, 4) is 29.1 Å². The second-order valence-electron chi connectivity index (χ2n) is 17.0. The molecule has 344 valence electrons. The van der Waals surface area contributed by atoms with E-state index in [9.17, 15) is 20.3 Å². The Kier molecular flexibility index (Phi) is 14.7. The van der Waals surface area contributed by atoms with E-state index in [1.54, 1.807) is 47.4 Å². The first-order valence-electron chi connectivity index (χ1n) is 22.6. The summed E-state index contributed by atoms with van der Waals surface area (Å²) in [5.74, 6) is -0.899. The molecule has 2 aliphatic carbocycles. The van der Waals surface area contributed by atoms with Crippen LogP contribution in [0.15, 0.2) is 120 Å². The highest BCUT2D eigenvalue weighted by Crippen LogP contribution is 2.62. The lowest BCUT2D eigenvalue weighted by Crippen LogP contribution is -2.70. The zero-order valence-electron chi connectivity index (χ0n) is 37.1. The number of oxime groups is 1. The minimum absolute atomic E-state index is 0.00286. The molecule has 2 amide bonds. The fourth-order valence-corrected chi connectivity index (χ4v) is 10.1. The van der Waals surface area contributed by atoms with Crippen LogP contribution in [-0.4, -0.2) is 78.4 Å². The first-order chi connectivity index (χ1) is 32.3. The standard InChI is InChI=1S/C52H56N4O10/c1-3-25-64-52-47(56(50(59)37-18-15-34(30-53)16-19-37)32-36-17-21-45-46(26-36)63-33-62-45)29-43(55-61-2)41-27-38(13-7-9-23-57)40(14-8-10-24-58)48(49(41)52)42-28-39(20-22-44(42)66-52)65-51(60)54-31-35-11-5-4-6-12-35/h3-6,11-12,15-22,26-28,38,40,47-49,57-58H,1,7-10,13-14,23-25,29,31-33H2,2H3,(H,54,60)/t38-,40+,47-,48+,49+,52+/m0/s1. The molecule has 4 aromatic rings. The van der Waals surface area contributed by atoms with Crippen LogP contribution in [0.3, 0.4) is 0 Å². The number of hydrogen-bond donors (Lipinski definition) is 3. The molecular weight excluding hydrogens is 841 g/mol. The maximum Gasteiger partial charge on any atom is 0.412 e. The summed E-state index contributed by atoms with van der Waals surface area (Å²) >= 11 is 0. The van der Waals surface area contributed by atoms with Crippen LogP contribution in [-0.2, 0) is 22.7 Å². The number of ether oxygens (including phenoxy) is 5. The number of amides is 2. The highest BCUT2D eigenvalue weighted by atomic mass is 16.7. The maximum absolute atomic E-state index is 15.3. The van der Waals surface area contributed by atoms with Crippen LogP contribution in [0, 0.1) is 29.1 Å². The average molecular weight is 897 g/mol. The summed E-state index contributed by atoms with van der Waals surface area (Å²) in [6.07, 6.45) is 7.70. The predicted octanol–water partition coefficient (Wildman–Crippen LogP) is 8.18. The fraction of sp³-hybridized carbons (Fsp3) is 0.385. The van der Waals surface area contributed by atoms with Crippen molar-refractivity contribution in [2.45, 2.75) is 75.8 Å². The average Bonchev–Trinajstić information content (AvgIpc) is 3.82. The number of nitriles is 1. The topological polar surface area (TPSA) is 181 Å². The number of aliphatic hydroxyl groups excluding tert-OH is 2. The van der Waals surface area contributed by atoms with Crippen molar-refractivity contribution >= 4 is 17.7 Å². The van der Waals surface area contributed by atoms with E-state index in [2.05, 4.69) is 24.0 Å². The van der Waals surface area contributed by atoms with Crippen LogP contribution in [0.2, 0.25) is 0 Å². The number of carbonyl (C=O) groups is 2. The van der Waals surface area contributed by atoms with Crippen molar-refractivity contribution in [2.24, 2.45) is 22.9 Å². The molecule has 0 spiro atoms. The normalized spacial score (nSPS) is 22.7. The van der Waals surface area contributed by atoms with Crippen LogP contribution in [0.25, 0.3) is 0 Å². The number of allylic oxidation sites excluding steroid dienone is 1. The Morgan fingerprint density at radius 3 is 2.44 bits per heavy atom. The van der Waals surface area contributed by atoms with Crippen LogP contribution in [0.4, 0.5) is 4.79 Å². The van der Waals surface area contributed by atoms with E-state index < -0.39 is 23.8 Å². The molecule has 0 saturated heterocycles. The number of carbonyl (C=O) groups excluding carboxylic acids is 2. The number of nitrogens with one attached hydrogen (secondary N) is 1. The molecule has 0 aromatic heterocycles. The maximum atomic E-state index is 15.3. The minimum Gasteiger partial charge on any atom is -0.459 e. The number of fused-ring (bicyclic) bond motifs is 3. The van der Waals surface area contributed by atoms with Crippen molar-refractivity contribution in [1.82, 2.24) is 10.2 Å². The van der Waals surface area contributed by atoms with Gasteiger partial charge >= 0.3 is 6.09 Å². The Balaban J connectivity index is 1.30. The fourth-order valence-electron chi connectivity index (χ4n) is 10.1.